The highest BCUT2D eigenvalue weighted by atomic mass is 35.5. The van der Waals surface area contributed by atoms with Crippen LogP contribution in [0.15, 0.2) is 18.2 Å². The summed E-state index contributed by atoms with van der Waals surface area (Å²) in [5.41, 5.74) is 1.77. The van der Waals surface area contributed by atoms with Crippen LogP contribution in [0.3, 0.4) is 0 Å². The van der Waals surface area contributed by atoms with Gasteiger partial charge in [-0.25, -0.2) is 17.5 Å². The predicted molar refractivity (Wildman–Crippen MR) is 72.0 cm³/mol. The Bertz CT molecular complexity index is 491. The predicted octanol–water partition coefficient (Wildman–Crippen LogP) is 2.22. The van der Waals surface area contributed by atoms with Crippen LogP contribution in [0.2, 0.25) is 0 Å². The molecule has 6 heteroatoms. The highest BCUT2D eigenvalue weighted by Gasteiger charge is 2.09. The van der Waals surface area contributed by atoms with Gasteiger partial charge in [0.05, 0.1) is 5.75 Å². The number of benzene rings is 1. The van der Waals surface area contributed by atoms with Crippen molar-refractivity contribution < 1.29 is 12.8 Å². The summed E-state index contributed by atoms with van der Waals surface area (Å²) >= 11 is 5.45. The van der Waals surface area contributed by atoms with Crippen LogP contribution in [0, 0.1) is 12.7 Å². The maximum Gasteiger partial charge on any atom is 0.211 e. The lowest BCUT2D eigenvalue weighted by atomic mass is 10.1. The molecule has 0 saturated heterocycles. The molecule has 0 aliphatic rings. The Kier molecular flexibility index (Phi) is 6.05. The standard InChI is InChI=1S/C12H17ClFNO2S/c1-10-9-12(14)4-3-11(10)5-7-15-18(16,17)8-2-6-13/h3-4,9,15H,2,5-8H2,1H3. The van der Waals surface area contributed by atoms with Gasteiger partial charge in [-0.15, -0.1) is 11.6 Å². The second kappa shape index (κ2) is 7.07. The first kappa shape index (κ1) is 15.4. The van der Waals surface area contributed by atoms with Gasteiger partial charge in [0.1, 0.15) is 5.82 Å². The monoisotopic (exact) mass is 293 g/mol. The molecular formula is C12H17ClFNO2S. The SMILES string of the molecule is Cc1cc(F)ccc1CCNS(=O)(=O)CCCCl. The van der Waals surface area contributed by atoms with Gasteiger partial charge in [0.25, 0.3) is 0 Å². The van der Waals surface area contributed by atoms with Crippen molar-refractivity contribution in [2.45, 2.75) is 19.8 Å². The molecule has 0 bridgehead atoms. The van der Waals surface area contributed by atoms with Gasteiger partial charge in [0, 0.05) is 12.4 Å². The molecule has 0 unspecified atom stereocenters. The van der Waals surface area contributed by atoms with Gasteiger partial charge < -0.3 is 0 Å². The first-order valence-electron chi connectivity index (χ1n) is 5.73. The van der Waals surface area contributed by atoms with E-state index in [1.807, 2.05) is 0 Å². The Hall–Kier alpha value is -0.650. The molecular weight excluding hydrogens is 277 g/mol. The molecule has 0 aliphatic carbocycles. The van der Waals surface area contributed by atoms with E-state index in [2.05, 4.69) is 4.72 Å². The molecule has 0 spiro atoms. The Balaban J connectivity index is 2.46. The lowest BCUT2D eigenvalue weighted by Crippen LogP contribution is -2.28. The van der Waals surface area contributed by atoms with E-state index in [0.29, 0.717) is 25.3 Å². The Morgan fingerprint density at radius 3 is 2.72 bits per heavy atom. The van der Waals surface area contributed by atoms with Crippen LogP contribution in [0.5, 0.6) is 0 Å². The summed E-state index contributed by atoms with van der Waals surface area (Å²) < 4.78 is 38.4. The third kappa shape index (κ3) is 5.33. The second-order valence-electron chi connectivity index (χ2n) is 4.08. The van der Waals surface area contributed by atoms with Gasteiger partial charge >= 0.3 is 0 Å². The van der Waals surface area contributed by atoms with Gasteiger partial charge in [0.2, 0.25) is 10.0 Å². The lowest BCUT2D eigenvalue weighted by molar-refractivity contribution is 0.580. The number of halogens is 2. The van der Waals surface area contributed by atoms with E-state index in [9.17, 15) is 12.8 Å². The number of alkyl halides is 1. The molecule has 102 valence electrons. The van der Waals surface area contributed by atoms with E-state index < -0.39 is 10.0 Å². The number of aryl methyl sites for hydroxylation is 1. The van der Waals surface area contributed by atoms with Crippen molar-refractivity contribution in [1.29, 1.82) is 0 Å². The van der Waals surface area contributed by atoms with Crippen LogP contribution >= 0.6 is 11.6 Å². The number of hydrogen-bond donors (Lipinski definition) is 1. The zero-order valence-corrected chi connectivity index (χ0v) is 11.8. The molecule has 1 rings (SSSR count). The van der Waals surface area contributed by atoms with E-state index >= 15 is 0 Å². The molecule has 0 fully saturated rings. The second-order valence-corrected chi connectivity index (χ2v) is 6.38. The van der Waals surface area contributed by atoms with Crippen molar-refractivity contribution in [2.75, 3.05) is 18.2 Å². The van der Waals surface area contributed by atoms with Crippen molar-refractivity contribution >= 4 is 21.6 Å². The molecule has 0 radical (unpaired) electrons. The minimum atomic E-state index is -3.24. The number of sulfonamides is 1. The van der Waals surface area contributed by atoms with Crippen LogP contribution in [-0.4, -0.2) is 26.6 Å². The van der Waals surface area contributed by atoms with Gasteiger partial charge in [-0.1, -0.05) is 6.07 Å². The molecule has 1 aromatic rings. The number of nitrogens with one attached hydrogen (secondary N) is 1. The maximum atomic E-state index is 12.9. The molecule has 0 heterocycles. The third-order valence-electron chi connectivity index (χ3n) is 2.57. The zero-order chi connectivity index (χ0) is 13.6. The molecule has 0 atom stereocenters. The van der Waals surface area contributed by atoms with Gasteiger partial charge in [-0.05, 0) is 43.0 Å². The van der Waals surface area contributed by atoms with Gasteiger partial charge in [-0.2, -0.15) is 0 Å². The third-order valence-corrected chi connectivity index (χ3v) is 4.30. The average molecular weight is 294 g/mol. The fraction of sp³-hybridized carbons (Fsp3) is 0.500. The van der Waals surface area contributed by atoms with Crippen LogP contribution in [0.4, 0.5) is 4.39 Å². The molecule has 0 aliphatic heterocycles. The van der Waals surface area contributed by atoms with Crippen molar-refractivity contribution in [3.8, 4) is 0 Å². The lowest BCUT2D eigenvalue weighted by Gasteiger charge is -2.08. The highest BCUT2D eigenvalue weighted by Crippen LogP contribution is 2.10. The average Bonchev–Trinajstić information content (AvgIpc) is 2.29. The van der Waals surface area contributed by atoms with Crippen molar-refractivity contribution in [3.05, 3.63) is 35.1 Å². The fourth-order valence-corrected chi connectivity index (χ4v) is 2.97. The maximum absolute atomic E-state index is 12.9. The van der Waals surface area contributed by atoms with Crippen LogP contribution < -0.4 is 4.72 Å². The fourth-order valence-electron chi connectivity index (χ4n) is 1.60. The van der Waals surface area contributed by atoms with E-state index in [1.54, 1.807) is 13.0 Å². The van der Waals surface area contributed by atoms with Crippen molar-refractivity contribution in [2.24, 2.45) is 0 Å². The highest BCUT2D eigenvalue weighted by molar-refractivity contribution is 7.89. The smallest absolute Gasteiger partial charge is 0.211 e. The first-order chi connectivity index (χ1) is 8.44. The van der Waals surface area contributed by atoms with Crippen molar-refractivity contribution in [3.63, 3.8) is 0 Å². The largest absolute Gasteiger partial charge is 0.215 e. The van der Waals surface area contributed by atoms with E-state index in [4.69, 9.17) is 11.6 Å². The van der Waals surface area contributed by atoms with Crippen LogP contribution in [0.25, 0.3) is 0 Å². The summed E-state index contributed by atoms with van der Waals surface area (Å²) in [7, 11) is -3.24. The molecule has 0 aromatic heterocycles. The molecule has 0 amide bonds. The summed E-state index contributed by atoms with van der Waals surface area (Å²) in [5, 5.41) is 0. The van der Waals surface area contributed by atoms with Crippen LogP contribution in [-0.2, 0) is 16.4 Å². The Morgan fingerprint density at radius 1 is 1.39 bits per heavy atom. The van der Waals surface area contributed by atoms with Gasteiger partial charge in [-0.3, -0.25) is 0 Å². The van der Waals surface area contributed by atoms with E-state index in [1.165, 1.54) is 12.1 Å². The first-order valence-corrected chi connectivity index (χ1v) is 7.91. The molecule has 18 heavy (non-hydrogen) atoms. The Labute approximate surface area is 112 Å². The summed E-state index contributed by atoms with van der Waals surface area (Å²) in [4.78, 5) is 0. The minimum absolute atomic E-state index is 0.0406. The van der Waals surface area contributed by atoms with Gasteiger partial charge in [0.15, 0.2) is 0 Å². The summed E-state index contributed by atoms with van der Waals surface area (Å²) in [5.74, 6) is 0.0931. The number of rotatable bonds is 7. The number of hydrogen-bond acceptors (Lipinski definition) is 2. The van der Waals surface area contributed by atoms with Crippen molar-refractivity contribution in [1.82, 2.24) is 4.72 Å². The molecule has 1 aromatic carbocycles. The van der Waals surface area contributed by atoms with E-state index in [-0.39, 0.29) is 11.6 Å². The van der Waals surface area contributed by atoms with E-state index in [0.717, 1.165) is 11.1 Å². The van der Waals surface area contributed by atoms with Crippen LogP contribution in [0.1, 0.15) is 17.5 Å². The Morgan fingerprint density at radius 2 is 2.11 bits per heavy atom. The summed E-state index contributed by atoms with van der Waals surface area (Å²) in [6.45, 7) is 2.12. The molecule has 1 N–H and O–H groups in total. The topological polar surface area (TPSA) is 46.2 Å². The molecule has 0 saturated carbocycles. The quantitative estimate of drug-likeness (QED) is 0.784. The minimum Gasteiger partial charge on any atom is -0.215 e. The molecule has 3 nitrogen and oxygen atoms in total. The normalized spacial score (nSPS) is 11.7. The summed E-state index contributed by atoms with van der Waals surface area (Å²) in [6.07, 6.45) is 0.985. The summed E-state index contributed by atoms with van der Waals surface area (Å²) in [6, 6.07) is 4.50. The zero-order valence-electron chi connectivity index (χ0n) is 10.2.